The predicted octanol–water partition coefficient (Wildman–Crippen LogP) is 2.49. The normalized spacial score (nSPS) is 10.4. The Kier molecular flexibility index (Phi) is 5.05. The molecule has 0 bridgehead atoms. The molecule has 0 aliphatic rings. The lowest BCUT2D eigenvalue weighted by molar-refractivity contribution is 0.0516. The van der Waals surface area contributed by atoms with E-state index in [-0.39, 0.29) is 28.5 Å². The largest absolute Gasteiger partial charge is 0.480 e. The molecule has 0 unspecified atom stereocenters. The van der Waals surface area contributed by atoms with Crippen LogP contribution in [0.25, 0.3) is 16.6 Å². The zero-order valence-corrected chi connectivity index (χ0v) is 15.1. The zero-order valence-electron chi connectivity index (χ0n) is 14.4. The molecule has 0 spiro atoms. The molecule has 27 heavy (non-hydrogen) atoms. The lowest BCUT2D eigenvalue weighted by Crippen LogP contribution is -2.24. The fourth-order valence-electron chi connectivity index (χ4n) is 2.58. The third-order valence-electron chi connectivity index (χ3n) is 3.73. The van der Waals surface area contributed by atoms with Gasteiger partial charge in [0.1, 0.15) is 5.02 Å². The Morgan fingerprint density at radius 3 is 2.81 bits per heavy atom. The number of ether oxygens (including phenoxy) is 2. The van der Waals surface area contributed by atoms with Crippen LogP contribution in [-0.4, -0.2) is 34.5 Å². The molecular weight excluding hydrogens is 372 g/mol. The molecule has 8 nitrogen and oxygen atoms in total. The van der Waals surface area contributed by atoms with Crippen LogP contribution in [-0.2, 0) is 4.74 Å². The molecule has 0 radical (unpaired) electrons. The molecule has 2 heterocycles. The van der Waals surface area contributed by atoms with Gasteiger partial charge in [-0.25, -0.2) is 14.5 Å². The second kappa shape index (κ2) is 7.43. The molecule has 1 aromatic carbocycles. The van der Waals surface area contributed by atoms with Gasteiger partial charge < -0.3 is 9.47 Å². The van der Waals surface area contributed by atoms with Crippen LogP contribution >= 0.6 is 11.6 Å². The van der Waals surface area contributed by atoms with Gasteiger partial charge in [0.2, 0.25) is 17.0 Å². The summed E-state index contributed by atoms with van der Waals surface area (Å²) in [5, 5.41) is 13.8. The van der Waals surface area contributed by atoms with E-state index in [0.717, 1.165) is 0 Å². The quantitative estimate of drug-likeness (QED) is 0.636. The predicted molar refractivity (Wildman–Crippen MR) is 97.4 cm³/mol. The van der Waals surface area contributed by atoms with Crippen molar-refractivity contribution in [2.75, 3.05) is 13.7 Å². The summed E-state index contributed by atoms with van der Waals surface area (Å²) in [6.45, 7) is 1.69. The van der Waals surface area contributed by atoms with Crippen LogP contribution < -0.4 is 10.2 Å². The van der Waals surface area contributed by atoms with Gasteiger partial charge in [0.25, 0.3) is 0 Å². The molecule has 0 saturated heterocycles. The number of aromatic nitrogens is 3. The maximum absolute atomic E-state index is 12.8. The number of carbonyl (C=O) groups excluding carboxylic acids is 1. The maximum Gasteiger partial charge on any atom is 0.362 e. The number of rotatable bonds is 4. The fourth-order valence-corrected chi connectivity index (χ4v) is 2.81. The van der Waals surface area contributed by atoms with Gasteiger partial charge in [-0.3, -0.25) is 4.79 Å². The first-order valence-corrected chi connectivity index (χ1v) is 8.22. The highest BCUT2D eigenvalue weighted by Gasteiger charge is 2.21. The summed E-state index contributed by atoms with van der Waals surface area (Å²) in [7, 11) is 1.43. The average Bonchev–Trinajstić information content (AvgIpc) is 2.67. The fraction of sp³-hybridized carbons (Fsp3) is 0.167. The highest BCUT2D eigenvalue weighted by molar-refractivity contribution is 6.32. The average molecular weight is 385 g/mol. The molecule has 0 aliphatic heterocycles. The van der Waals surface area contributed by atoms with E-state index in [0.29, 0.717) is 11.2 Å². The van der Waals surface area contributed by atoms with Crippen molar-refractivity contribution in [2.45, 2.75) is 6.92 Å². The topological polar surface area (TPSA) is 107 Å². The van der Waals surface area contributed by atoms with E-state index in [2.05, 4.69) is 10.1 Å². The number of carbonyl (C=O) groups is 1. The standard InChI is InChI=1S/C18H13ClN4O4/c1-3-27-18(25)15-16(24)14-10(8-20)5-4-6-13(14)23(22-15)11-7-12(19)17(26-2)21-9-11/h4-7,9H,3H2,1-2H3. The van der Waals surface area contributed by atoms with Crippen molar-refractivity contribution in [3.05, 3.63) is 57.0 Å². The Labute approximate surface area is 158 Å². The summed E-state index contributed by atoms with van der Waals surface area (Å²) >= 11 is 6.14. The lowest BCUT2D eigenvalue weighted by Gasteiger charge is -2.13. The Balaban J connectivity index is 2.40. The van der Waals surface area contributed by atoms with E-state index in [1.54, 1.807) is 19.1 Å². The van der Waals surface area contributed by atoms with Crippen molar-refractivity contribution in [2.24, 2.45) is 0 Å². The van der Waals surface area contributed by atoms with Gasteiger partial charge in [0.15, 0.2) is 0 Å². The third kappa shape index (κ3) is 3.20. The Hall–Kier alpha value is -3.44. The Bertz CT molecular complexity index is 1150. The number of nitrogens with zero attached hydrogens (tertiary/aromatic N) is 4. The van der Waals surface area contributed by atoms with Crippen LogP contribution in [0.5, 0.6) is 5.88 Å². The van der Waals surface area contributed by atoms with Crippen LogP contribution in [0.1, 0.15) is 23.0 Å². The highest BCUT2D eigenvalue weighted by atomic mass is 35.5. The molecule has 0 saturated carbocycles. The van der Waals surface area contributed by atoms with Crippen molar-refractivity contribution < 1.29 is 14.3 Å². The molecule has 0 aliphatic carbocycles. The van der Waals surface area contributed by atoms with Gasteiger partial charge in [-0.15, -0.1) is 0 Å². The minimum Gasteiger partial charge on any atom is -0.480 e. The minimum atomic E-state index is -0.876. The number of methoxy groups -OCH3 is 1. The van der Waals surface area contributed by atoms with E-state index in [1.165, 1.54) is 30.1 Å². The number of fused-ring (bicyclic) bond motifs is 1. The number of hydrogen-bond acceptors (Lipinski definition) is 7. The molecule has 0 N–H and O–H groups in total. The number of esters is 1. The number of halogens is 1. The van der Waals surface area contributed by atoms with Crippen molar-refractivity contribution in [3.63, 3.8) is 0 Å². The van der Waals surface area contributed by atoms with E-state index >= 15 is 0 Å². The van der Waals surface area contributed by atoms with Crippen LogP contribution in [0.2, 0.25) is 5.02 Å². The molecule has 2 aromatic heterocycles. The number of nitriles is 1. The van der Waals surface area contributed by atoms with Crippen molar-refractivity contribution in [1.82, 2.24) is 14.8 Å². The number of pyridine rings is 1. The number of hydrogen-bond donors (Lipinski definition) is 0. The van der Waals surface area contributed by atoms with Crippen molar-refractivity contribution >= 4 is 28.5 Å². The molecule has 0 atom stereocenters. The molecule has 0 amide bonds. The Morgan fingerprint density at radius 2 is 2.19 bits per heavy atom. The molecule has 136 valence electrons. The second-order valence-electron chi connectivity index (χ2n) is 5.31. The number of benzene rings is 1. The summed E-state index contributed by atoms with van der Waals surface area (Å²) < 4.78 is 11.3. The zero-order chi connectivity index (χ0) is 19.6. The van der Waals surface area contributed by atoms with Gasteiger partial charge in [-0.05, 0) is 25.1 Å². The van der Waals surface area contributed by atoms with Crippen molar-refractivity contribution in [1.29, 1.82) is 5.26 Å². The Morgan fingerprint density at radius 1 is 1.41 bits per heavy atom. The van der Waals surface area contributed by atoms with E-state index in [4.69, 9.17) is 21.1 Å². The van der Waals surface area contributed by atoms with E-state index < -0.39 is 17.1 Å². The lowest BCUT2D eigenvalue weighted by atomic mass is 10.1. The molecule has 0 fully saturated rings. The SMILES string of the molecule is CCOC(=O)c1nn(-c2cnc(OC)c(Cl)c2)c2cccc(C#N)c2c1=O. The molecule has 3 aromatic rings. The van der Waals surface area contributed by atoms with E-state index in [9.17, 15) is 14.9 Å². The van der Waals surface area contributed by atoms with Crippen molar-refractivity contribution in [3.8, 4) is 17.6 Å². The molecule has 3 rings (SSSR count). The van der Waals surface area contributed by atoms with Gasteiger partial charge in [-0.1, -0.05) is 17.7 Å². The monoisotopic (exact) mass is 384 g/mol. The van der Waals surface area contributed by atoms with Crippen LogP contribution in [0.3, 0.4) is 0 Å². The summed E-state index contributed by atoms with van der Waals surface area (Å²) in [6, 6.07) is 8.20. The van der Waals surface area contributed by atoms with Crippen LogP contribution in [0.15, 0.2) is 35.3 Å². The first-order valence-electron chi connectivity index (χ1n) is 7.85. The highest BCUT2D eigenvalue weighted by Crippen LogP contribution is 2.25. The summed E-state index contributed by atoms with van der Waals surface area (Å²) in [5.74, 6) is -0.660. The first-order chi connectivity index (χ1) is 13.0. The van der Waals surface area contributed by atoms with Gasteiger partial charge in [0.05, 0.1) is 48.1 Å². The summed E-state index contributed by atoms with van der Waals surface area (Å²) in [6.07, 6.45) is 1.43. The maximum atomic E-state index is 12.8. The van der Waals surface area contributed by atoms with Gasteiger partial charge >= 0.3 is 5.97 Å². The third-order valence-corrected chi connectivity index (χ3v) is 4.00. The molecular formula is C18H13ClN4O4. The van der Waals surface area contributed by atoms with Crippen LogP contribution in [0, 0.1) is 11.3 Å². The summed E-state index contributed by atoms with van der Waals surface area (Å²) in [4.78, 5) is 29.1. The smallest absolute Gasteiger partial charge is 0.362 e. The van der Waals surface area contributed by atoms with E-state index in [1.807, 2.05) is 6.07 Å². The molecule has 9 heteroatoms. The first kappa shape index (κ1) is 18.4. The second-order valence-corrected chi connectivity index (χ2v) is 5.71. The van der Waals surface area contributed by atoms with Gasteiger partial charge in [0, 0.05) is 0 Å². The minimum absolute atomic E-state index is 0.0602. The van der Waals surface area contributed by atoms with Crippen LogP contribution in [0.4, 0.5) is 0 Å². The van der Waals surface area contributed by atoms with Gasteiger partial charge in [-0.2, -0.15) is 10.4 Å². The summed E-state index contributed by atoms with van der Waals surface area (Å²) in [5.41, 5.74) is -0.281.